The Balaban J connectivity index is 4.37. The van der Waals surface area contributed by atoms with Crippen LogP contribution in [0.4, 0.5) is 0 Å². The van der Waals surface area contributed by atoms with E-state index in [2.05, 4.69) is 6.58 Å². The molecule has 0 aliphatic rings. The molecule has 0 aromatic carbocycles. The molecule has 0 saturated carbocycles. The Bertz CT molecular complexity index is 248. The molecule has 4 heteroatoms. The molecule has 0 heterocycles. The van der Waals surface area contributed by atoms with E-state index in [1.807, 2.05) is 34.6 Å². The Morgan fingerprint density at radius 2 is 2.00 bits per heavy atom. The van der Waals surface area contributed by atoms with Crippen LogP contribution in [0.2, 0.25) is 0 Å². The fourth-order valence-electron chi connectivity index (χ4n) is 1.12. The number of hydrogen-bond donors (Lipinski definition) is 0. The van der Waals surface area contributed by atoms with Crippen LogP contribution < -0.4 is 0 Å². The van der Waals surface area contributed by atoms with E-state index in [0.29, 0.717) is 6.54 Å². The van der Waals surface area contributed by atoms with Gasteiger partial charge in [0, 0.05) is 12.6 Å². The van der Waals surface area contributed by atoms with Gasteiger partial charge in [0.05, 0.1) is 5.92 Å². The highest BCUT2D eigenvalue weighted by Gasteiger charge is 2.28. The second-order valence-corrected chi connectivity index (χ2v) is 5.37. The minimum absolute atomic E-state index is 0.0884. The van der Waals surface area contributed by atoms with Crippen LogP contribution in [0.3, 0.4) is 0 Å². The summed E-state index contributed by atoms with van der Waals surface area (Å²) in [6.45, 7) is 13.4. The van der Waals surface area contributed by atoms with Gasteiger partial charge in [0.15, 0.2) is 0 Å². The van der Waals surface area contributed by atoms with Gasteiger partial charge in [-0.1, -0.05) is 13.0 Å². The van der Waals surface area contributed by atoms with Gasteiger partial charge in [-0.2, -0.15) is 0 Å². The Labute approximate surface area is 104 Å². The number of ether oxygens (including phenoxy) is 1. The highest BCUT2D eigenvalue weighted by molar-refractivity contribution is 6.13. The number of nitrogens with zero attached hydrogens (tertiary/aromatic N) is 1. The summed E-state index contributed by atoms with van der Waals surface area (Å²) < 4.78 is 6.86. The van der Waals surface area contributed by atoms with Gasteiger partial charge in [0.1, 0.15) is 5.60 Å². The molecule has 16 heavy (non-hydrogen) atoms. The lowest BCUT2D eigenvalue weighted by molar-refractivity contribution is -0.160. The van der Waals surface area contributed by atoms with Gasteiger partial charge >= 0.3 is 5.97 Å². The fourth-order valence-corrected chi connectivity index (χ4v) is 1.39. The molecule has 0 N–H and O–H groups in total. The third-order valence-corrected chi connectivity index (χ3v) is 2.69. The molecule has 0 radical (unpaired) electrons. The third-order valence-electron chi connectivity index (χ3n) is 2.25. The van der Waals surface area contributed by atoms with Gasteiger partial charge < -0.3 is 4.74 Å². The molecule has 0 bridgehead atoms. The molecule has 0 rings (SSSR count). The maximum absolute atomic E-state index is 11.8. The topological polar surface area (TPSA) is 29.5 Å². The van der Waals surface area contributed by atoms with E-state index in [1.54, 1.807) is 10.5 Å². The fraction of sp³-hybridized carbons (Fsp3) is 0.750. The van der Waals surface area contributed by atoms with Gasteiger partial charge in [0.25, 0.3) is 0 Å². The van der Waals surface area contributed by atoms with Crippen LogP contribution in [-0.4, -0.2) is 28.6 Å². The predicted octanol–water partition coefficient (Wildman–Crippen LogP) is 2.99. The molecule has 0 aliphatic heterocycles. The molecule has 3 nitrogen and oxygen atoms in total. The lowest BCUT2D eigenvalue weighted by atomic mass is 10.0. The summed E-state index contributed by atoms with van der Waals surface area (Å²) in [5, 5.41) is 0. The maximum Gasteiger partial charge on any atom is 0.310 e. The standard InChI is InChI=1S/C12H22ClNO2/c1-7-8-14(13)10(3)9(2)11(15)16-12(4,5)6/h7,9-10H,1,8H2,2-6H3. The van der Waals surface area contributed by atoms with Gasteiger partial charge in [-0.25, -0.2) is 4.42 Å². The van der Waals surface area contributed by atoms with Crippen molar-refractivity contribution in [2.45, 2.75) is 46.3 Å². The molecular weight excluding hydrogens is 226 g/mol. The summed E-state index contributed by atoms with van der Waals surface area (Å²) in [6.07, 6.45) is 1.70. The van der Waals surface area contributed by atoms with Crippen molar-refractivity contribution in [3.63, 3.8) is 0 Å². The van der Waals surface area contributed by atoms with Crippen molar-refractivity contribution in [3.05, 3.63) is 12.7 Å². The summed E-state index contributed by atoms with van der Waals surface area (Å²) in [6, 6.07) is -0.0884. The van der Waals surface area contributed by atoms with Crippen molar-refractivity contribution < 1.29 is 9.53 Å². The van der Waals surface area contributed by atoms with E-state index >= 15 is 0 Å². The van der Waals surface area contributed by atoms with Crippen LogP contribution in [0, 0.1) is 5.92 Å². The van der Waals surface area contributed by atoms with Crippen molar-refractivity contribution in [1.82, 2.24) is 4.42 Å². The third kappa shape index (κ3) is 5.52. The van der Waals surface area contributed by atoms with E-state index < -0.39 is 5.60 Å². The van der Waals surface area contributed by atoms with Gasteiger partial charge in [-0.3, -0.25) is 4.79 Å². The highest BCUT2D eigenvalue weighted by Crippen LogP contribution is 2.18. The molecular formula is C12H22ClNO2. The van der Waals surface area contributed by atoms with Crippen molar-refractivity contribution >= 4 is 17.7 Å². The summed E-state index contributed by atoms with van der Waals surface area (Å²) in [5.41, 5.74) is -0.458. The van der Waals surface area contributed by atoms with E-state index in [1.165, 1.54) is 0 Å². The minimum Gasteiger partial charge on any atom is -0.460 e. The first kappa shape index (κ1) is 15.5. The van der Waals surface area contributed by atoms with Crippen LogP contribution >= 0.6 is 11.8 Å². The van der Waals surface area contributed by atoms with E-state index in [-0.39, 0.29) is 17.9 Å². The molecule has 0 saturated heterocycles. The Kier molecular flexibility index (Phi) is 6.05. The average molecular weight is 248 g/mol. The maximum atomic E-state index is 11.8. The van der Waals surface area contributed by atoms with Crippen molar-refractivity contribution in [3.8, 4) is 0 Å². The first-order valence-electron chi connectivity index (χ1n) is 5.45. The Morgan fingerprint density at radius 3 is 2.38 bits per heavy atom. The molecule has 2 atom stereocenters. The second-order valence-electron chi connectivity index (χ2n) is 4.93. The number of esters is 1. The normalized spacial score (nSPS) is 15.7. The summed E-state index contributed by atoms with van der Waals surface area (Å²) in [4.78, 5) is 11.8. The summed E-state index contributed by atoms with van der Waals surface area (Å²) in [5.74, 6) is -0.494. The molecule has 0 aromatic heterocycles. The quantitative estimate of drug-likeness (QED) is 0.425. The van der Waals surface area contributed by atoms with E-state index in [9.17, 15) is 4.79 Å². The van der Waals surface area contributed by atoms with Crippen molar-refractivity contribution in [1.29, 1.82) is 0 Å². The van der Waals surface area contributed by atoms with Gasteiger partial charge in [-0.05, 0) is 39.5 Å². The van der Waals surface area contributed by atoms with Crippen LogP contribution in [0.25, 0.3) is 0 Å². The zero-order valence-corrected chi connectivity index (χ0v) is 11.5. The largest absolute Gasteiger partial charge is 0.460 e. The first-order chi connectivity index (χ1) is 7.19. The van der Waals surface area contributed by atoms with Gasteiger partial charge in [0.2, 0.25) is 0 Å². The van der Waals surface area contributed by atoms with Crippen LogP contribution in [0.15, 0.2) is 12.7 Å². The molecule has 94 valence electrons. The zero-order chi connectivity index (χ0) is 12.9. The smallest absolute Gasteiger partial charge is 0.310 e. The lowest BCUT2D eigenvalue weighted by Crippen LogP contribution is -2.38. The molecule has 0 amide bonds. The number of carbonyl (C=O) groups is 1. The van der Waals surface area contributed by atoms with Crippen LogP contribution in [0.1, 0.15) is 34.6 Å². The van der Waals surface area contributed by atoms with Crippen molar-refractivity contribution in [2.75, 3.05) is 6.54 Å². The molecule has 0 aromatic rings. The first-order valence-corrected chi connectivity index (χ1v) is 5.79. The van der Waals surface area contributed by atoms with Crippen molar-refractivity contribution in [2.24, 2.45) is 5.92 Å². The minimum atomic E-state index is -0.458. The van der Waals surface area contributed by atoms with E-state index in [4.69, 9.17) is 16.5 Å². The van der Waals surface area contributed by atoms with Gasteiger partial charge in [-0.15, -0.1) is 6.58 Å². The number of carbonyl (C=O) groups excluding carboxylic acids is 1. The average Bonchev–Trinajstić information content (AvgIpc) is 2.13. The summed E-state index contributed by atoms with van der Waals surface area (Å²) >= 11 is 6.00. The molecule has 0 aliphatic carbocycles. The van der Waals surface area contributed by atoms with Crippen LogP contribution in [-0.2, 0) is 9.53 Å². The SMILES string of the molecule is C=CCN(Cl)C(C)C(C)C(=O)OC(C)(C)C. The number of halogens is 1. The monoisotopic (exact) mass is 247 g/mol. The second kappa shape index (κ2) is 6.26. The highest BCUT2D eigenvalue weighted by atomic mass is 35.5. The Morgan fingerprint density at radius 1 is 1.50 bits per heavy atom. The van der Waals surface area contributed by atoms with E-state index in [0.717, 1.165) is 0 Å². The zero-order valence-electron chi connectivity index (χ0n) is 10.8. The molecule has 2 unspecified atom stereocenters. The number of hydrogen-bond acceptors (Lipinski definition) is 3. The predicted molar refractivity (Wildman–Crippen MR) is 67.2 cm³/mol. The Hall–Kier alpha value is -0.540. The summed E-state index contributed by atoms with van der Waals surface area (Å²) in [7, 11) is 0. The van der Waals surface area contributed by atoms with Crippen LogP contribution in [0.5, 0.6) is 0 Å². The number of rotatable bonds is 5. The molecule has 0 fully saturated rings. The lowest BCUT2D eigenvalue weighted by Gasteiger charge is -2.28. The molecule has 0 spiro atoms.